The summed E-state index contributed by atoms with van der Waals surface area (Å²) in [4.78, 5) is 0. The lowest BCUT2D eigenvalue weighted by Gasteiger charge is -2.02. The number of rotatable bonds is 3. The molecule has 0 fully saturated rings. The molecule has 0 aliphatic carbocycles. The molecule has 4 heteroatoms. The average molecular weight is 164 g/mol. The Balaban J connectivity index is 2.39. The Bertz CT molecular complexity index is 283. The normalized spacial score (nSPS) is 12.1. The van der Waals surface area contributed by atoms with Crippen molar-refractivity contribution in [2.45, 2.75) is 6.92 Å². The fourth-order valence-electron chi connectivity index (χ4n) is 0.829. The van der Waals surface area contributed by atoms with Gasteiger partial charge in [0.15, 0.2) is 0 Å². The van der Waals surface area contributed by atoms with Crippen molar-refractivity contribution in [2.75, 3.05) is 11.9 Å². The number of nitriles is 1. The molecule has 64 valence electrons. The average Bonchev–Trinajstić information content (AvgIpc) is 2.47. The molecule has 1 N–H and O–H groups in total. The minimum atomic E-state index is 0.0326. The van der Waals surface area contributed by atoms with Crippen LogP contribution in [0, 0.1) is 17.2 Å². The van der Waals surface area contributed by atoms with Crippen LogP contribution in [0.25, 0.3) is 0 Å². The van der Waals surface area contributed by atoms with Crippen molar-refractivity contribution in [3.05, 3.63) is 12.4 Å². The predicted octanol–water partition coefficient (Wildman–Crippen LogP) is 0.992. The van der Waals surface area contributed by atoms with Crippen LogP contribution in [0.5, 0.6) is 0 Å². The van der Waals surface area contributed by atoms with E-state index in [0.717, 1.165) is 5.69 Å². The van der Waals surface area contributed by atoms with Crippen LogP contribution >= 0.6 is 0 Å². The van der Waals surface area contributed by atoms with Crippen molar-refractivity contribution in [1.29, 1.82) is 5.26 Å². The Morgan fingerprint density at radius 1 is 1.83 bits per heavy atom. The standard InChI is InChI=1S/C8H12N4/c1-7(3-9)4-10-8-5-11-12(2)6-8/h5-7,10H,4H2,1-2H3. The number of nitrogens with zero attached hydrogens (tertiary/aromatic N) is 3. The van der Waals surface area contributed by atoms with E-state index < -0.39 is 0 Å². The van der Waals surface area contributed by atoms with Gasteiger partial charge in [0.2, 0.25) is 0 Å². The third kappa shape index (κ3) is 2.27. The first-order valence-corrected chi connectivity index (χ1v) is 3.84. The number of aromatic nitrogens is 2. The smallest absolute Gasteiger partial charge is 0.0726 e. The van der Waals surface area contributed by atoms with E-state index in [1.807, 2.05) is 20.2 Å². The van der Waals surface area contributed by atoms with Gasteiger partial charge in [-0.3, -0.25) is 4.68 Å². The van der Waals surface area contributed by atoms with Gasteiger partial charge in [-0.2, -0.15) is 10.4 Å². The molecule has 0 aromatic carbocycles. The summed E-state index contributed by atoms with van der Waals surface area (Å²) in [6.45, 7) is 2.55. The molecule has 1 heterocycles. The fraction of sp³-hybridized carbons (Fsp3) is 0.500. The molecular formula is C8H12N4. The highest BCUT2D eigenvalue weighted by molar-refractivity contribution is 5.38. The second-order valence-corrected chi connectivity index (χ2v) is 2.81. The zero-order valence-corrected chi connectivity index (χ0v) is 7.28. The molecule has 0 aliphatic rings. The van der Waals surface area contributed by atoms with Crippen LogP contribution in [0.15, 0.2) is 12.4 Å². The Morgan fingerprint density at radius 2 is 2.58 bits per heavy atom. The van der Waals surface area contributed by atoms with Crippen LogP contribution in [0.2, 0.25) is 0 Å². The van der Waals surface area contributed by atoms with Crippen molar-refractivity contribution in [1.82, 2.24) is 9.78 Å². The van der Waals surface area contributed by atoms with Crippen molar-refractivity contribution >= 4 is 5.69 Å². The number of hydrogen-bond acceptors (Lipinski definition) is 3. The molecule has 12 heavy (non-hydrogen) atoms. The molecule has 0 radical (unpaired) electrons. The topological polar surface area (TPSA) is 53.6 Å². The summed E-state index contributed by atoms with van der Waals surface area (Å²) >= 11 is 0. The highest BCUT2D eigenvalue weighted by atomic mass is 15.3. The Hall–Kier alpha value is -1.50. The SMILES string of the molecule is CC(C#N)CNc1cnn(C)c1. The molecule has 4 nitrogen and oxygen atoms in total. The molecule has 1 unspecified atom stereocenters. The van der Waals surface area contributed by atoms with E-state index >= 15 is 0 Å². The Kier molecular flexibility index (Phi) is 2.70. The summed E-state index contributed by atoms with van der Waals surface area (Å²) in [5.41, 5.74) is 0.958. The third-order valence-electron chi connectivity index (χ3n) is 1.54. The zero-order chi connectivity index (χ0) is 8.97. The molecule has 0 bridgehead atoms. The summed E-state index contributed by atoms with van der Waals surface area (Å²) in [6.07, 6.45) is 3.62. The van der Waals surface area contributed by atoms with Crippen LogP contribution < -0.4 is 5.32 Å². The van der Waals surface area contributed by atoms with Crippen LogP contribution in [-0.4, -0.2) is 16.3 Å². The first-order valence-electron chi connectivity index (χ1n) is 3.84. The largest absolute Gasteiger partial charge is 0.381 e. The van der Waals surface area contributed by atoms with E-state index in [1.165, 1.54) is 0 Å². The van der Waals surface area contributed by atoms with Crippen LogP contribution in [0.4, 0.5) is 5.69 Å². The van der Waals surface area contributed by atoms with E-state index in [-0.39, 0.29) is 5.92 Å². The lowest BCUT2D eigenvalue weighted by molar-refractivity contribution is 0.766. The van der Waals surface area contributed by atoms with Gasteiger partial charge in [-0.15, -0.1) is 0 Å². The van der Waals surface area contributed by atoms with E-state index in [9.17, 15) is 0 Å². The number of aryl methyl sites for hydroxylation is 1. The first kappa shape index (κ1) is 8.60. The quantitative estimate of drug-likeness (QED) is 0.724. The number of anilines is 1. The van der Waals surface area contributed by atoms with Gasteiger partial charge in [0, 0.05) is 19.8 Å². The maximum absolute atomic E-state index is 8.51. The van der Waals surface area contributed by atoms with Crippen molar-refractivity contribution in [3.8, 4) is 6.07 Å². The fourth-order valence-corrected chi connectivity index (χ4v) is 0.829. The van der Waals surface area contributed by atoms with Gasteiger partial charge in [0.1, 0.15) is 0 Å². The van der Waals surface area contributed by atoms with E-state index in [0.29, 0.717) is 6.54 Å². The van der Waals surface area contributed by atoms with Gasteiger partial charge in [0.05, 0.1) is 23.9 Å². The first-order chi connectivity index (χ1) is 5.72. The molecular weight excluding hydrogens is 152 g/mol. The summed E-state index contributed by atoms with van der Waals surface area (Å²) in [5, 5.41) is 15.6. The van der Waals surface area contributed by atoms with Crippen molar-refractivity contribution < 1.29 is 0 Å². The Morgan fingerprint density at radius 3 is 3.08 bits per heavy atom. The van der Waals surface area contributed by atoms with Crippen LogP contribution in [-0.2, 0) is 7.05 Å². The molecule has 1 aromatic heterocycles. The van der Waals surface area contributed by atoms with Gasteiger partial charge in [-0.25, -0.2) is 0 Å². The minimum absolute atomic E-state index is 0.0326. The predicted molar refractivity (Wildman–Crippen MR) is 46.5 cm³/mol. The molecule has 1 atom stereocenters. The number of nitrogens with one attached hydrogen (secondary N) is 1. The highest BCUT2D eigenvalue weighted by Gasteiger charge is 1.99. The third-order valence-corrected chi connectivity index (χ3v) is 1.54. The lowest BCUT2D eigenvalue weighted by Crippen LogP contribution is -2.08. The minimum Gasteiger partial charge on any atom is -0.381 e. The Labute approximate surface area is 71.8 Å². The molecule has 0 amide bonds. The van der Waals surface area contributed by atoms with Gasteiger partial charge >= 0.3 is 0 Å². The molecule has 1 aromatic rings. The maximum Gasteiger partial charge on any atom is 0.0726 e. The molecule has 0 spiro atoms. The summed E-state index contributed by atoms with van der Waals surface area (Å²) < 4.78 is 1.72. The molecule has 0 saturated carbocycles. The molecule has 1 rings (SSSR count). The van der Waals surface area contributed by atoms with Crippen LogP contribution in [0.3, 0.4) is 0 Å². The van der Waals surface area contributed by atoms with Gasteiger partial charge in [0.25, 0.3) is 0 Å². The number of hydrogen-bond donors (Lipinski definition) is 1. The van der Waals surface area contributed by atoms with Gasteiger partial charge in [-0.05, 0) is 6.92 Å². The van der Waals surface area contributed by atoms with Gasteiger partial charge < -0.3 is 5.32 Å². The van der Waals surface area contributed by atoms with Crippen LogP contribution in [0.1, 0.15) is 6.92 Å². The summed E-state index contributed by atoms with van der Waals surface area (Å²) in [5.74, 6) is 0.0326. The molecule has 0 saturated heterocycles. The van der Waals surface area contributed by atoms with E-state index in [4.69, 9.17) is 5.26 Å². The summed E-state index contributed by atoms with van der Waals surface area (Å²) in [6, 6.07) is 2.15. The van der Waals surface area contributed by atoms with E-state index in [1.54, 1.807) is 10.9 Å². The summed E-state index contributed by atoms with van der Waals surface area (Å²) in [7, 11) is 1.86. The highest BCUT2D eigenvalue weighted by Crippen LogP contribution is 2.04. The van der Waals surface area contributed by atoms with Crippen molar-refractivity contribution in [2.24, 2.45) is 13.0 Å². The molecule has 0 aliphatic heterocycles. The van der Waals surface area contributed by atoms with Gasteiger partial charge in [-0.1, -0.05) is 0 Å². The van der Waals surface area contributed by atoms with E-state index in [2.05, 4.69) is 16.5 Å². The lowest BCUT2D eigenvalue weighted by atomic mass is 10.2. The van der Waals surface area contributed by atoms with Crippen molar-refractivity contribution in [3.63, 3.8) is 0 Å². The zero-order valence-electron chi connectivity index (χ0n) is 7.28. The second-order valence-electron chi connectivity index (χ2n) is 2.81. The maximum atomic E-state index is 8.51. The monoisotopic (exact) mass is 164 g/mol. The second kappa shape index (κ2) is 3.77.